The second-order valence-electron chi connectivity index (χ2n) is 11.6. The number of benzene rings is 1. The summed E-state index contributed by atoms with van der Waals surface area (Å²) >= 11 is 0. The molecule has 0 aliphatic carbocycles. The van der Waals surface area contributed by atoms with Crippen LogP contribution in [0, 0.1) is 23.7 Å². The largest absolute Gasteiger partial charge is 0.507 e. The van der Waals surface area contributed by atoms with E-state index in [4.69, 9.17) is 14.2 Å². The molecule has 5 heteroatoms. The van der Waals surface area contributed by atoms with Crippen molar-refractivity contribution in [3.8, 4) is 5.75 Å². The van der Waals surface area contributed by atoms with Crippen LogP contribution in [0.1, 0.15) is 78.5 Å². The quantitative estimate of drug-likeness (QED) is 0.596. The van der Waals surface area contributed by atoms with Gasteiger partial charge in [0.2, 0.25) is 0 Å². The van der Waals surface area contributed by atoms with Crippen LogP contribution in [0.5, 0.6) is 5.75 Å². The number of hydrogen-bond donors (Lipinski definition) is 1. The van der Waals surface area contributed by atoms with Crippen LogP contribution < -0.4 is 0 Å². The molecular formula is C26H42O5. The lowest BCUT2D eigenvalue weighted by atomic mass is 9.81. The van der Waals surface area contributed by atoms with Gasteiger partial charge in [0.15, 0.2) is 6.29 Å². The van der Waals surface area contributed by atoms with Crippen molar-refractivity contribution >= 4 is 5.97 Å². The molecule has 1 aromatic rings. The number of ether oxygens (including phenoxy) is 3. The number of aromatic hydroxyl groups is 1. The van der Waals surface area contributed by atoms with Crippen LogP contribution in [0.15, 0.2) is 12.1 Å². The zero-order valence-corrected chi connectivity index (χ0v) is 20.9. The summed E-state index contributed by atoms with van der Waals surface area (Å²) in [6, 6.07) is 3.94. The standard InChI is InChI=1S/C26H42O5/c1-17-12-19(13-20(22(17)28)24(3,4)5)10-11-21(27)30-16-26(8,9)23-29-14-18(2)25(6,7)15-31-23/h12-13,18,23,28H,10-11,14-16H2,1-9H3. The molecule has 1 aromatic carbocycles. The van der Waals surface area contributed by atoms with E-state index in [0.717, 1.165) is 16.7 Å². The number of phenols is 1. The van der Waals surface area contributed by atoms with E-state index in [0.29, 0.717) is 37.7 Å². The number of phenolic OH excluding ortho intramolecular Hbond substituents is 1. The van der Waals surface area contributed by atoms with Crippen LogP contribution in [-0.4, -0.2) is 37.2 Å². The first-order valence-electron chi connectivity index (χ1n) is 11.4. The Labute approximate surface area is 188 Å². The summed E-state index contributed by atoms with van der Waals surface area (Å²) in [5.74, 6) is 0.488. The molecule has 5 nitrogen and oxygen atoms in total. The zero-order valence-electron chi connectivity index (χ0n) is 20.9. The first-order valence-corrected chi connectivity index (χ1v) is 11.4. The average Bonchev–Trinajstić information content (AvgIpc) is 2.78. The fraction of sp³-hybridized carbons (Fsp3) is 0.731. The summed E-state index contributed by atoms with van der Waals surface area (Å²) < 4.78 is 17.7. The minimum Gasteiger partial charge on any atom is -0.507 e. The van der Waals surface area contributed by atoms with Crippen molar-refractivity contribution in [2.75, 3.05) is 19.8 Å². The van der Waals surface area contributed by atoms with Crippen LogP contribution in [-0.2, 0) is 30.8 Å². The van der Waals surface area contributed by atoms with Gasteiger partial charge in [-0.3, -0.25) is 4.79 Å². The van der Waals surface area contributed by atoms with Crippen LogP contribution >= 0.6 is 0 Å². The van der Waals surface area contributed by atoms with Crippen molar-refractivity contribution in [2.45, 2.75) is 86.9 Å². The highest BCUT2D eigenvalue weighted by molar-refractivity contribution is 5.69. The molecule has 1 aliphatic heterocycles. The van der Waals surface area contributed by atoms with E-state index in [2.05, 4.69) is 41.5 Å². The van der Waals surface area contributed by atoms with Crippen molar-refractivity contribution in [3.05, 3.63) is 28.8 Å². The lowest BCUT2D eigenvalue weighted by Crippen LogP contribution is -2.39. The molecule has 1 aliphatic rings. The highest BCUT2D eigenvalue weighted by Crippen LogP contribution is 2.36. The molecule has 176 valence electrons. The van der Waals surface area contributed by atoms with Crippen LogP contribution in [0.4, 0.5) is 0 Å². The van der Waals surface area contributed by atoms with Crippen LogP contribution in [0.3, 0.4) is 0 Å². The average molecular weight is 435 g/mol. The molecule has 1 N–H and O–H groups in total. The molecule has 2 rings (SSSR count). The number of esters is 1. The number of carbonyl (C=O) groups is 1. The Kier molecular flexibility index (Phi) is 7.86. The Morgan fingerprint density at radius 1 is 1.19 bits per heavy atom. The third-order valence-electron chi connectivity index (χ3n) is 6.47. The summed E-state index contributed by atoms with van der Waals surface area (Å²) in [5.41, 5.74) is 2.21. The Bertz CT molecular complexity index is 773. The third kappa shape index (κ3) is 6.69. The van der Waals surface area contributed by atoms with Crippen LogP contribution in [0.2, 0.25) is 0 Å². The predicted molar refractivity (Wildman–Crippen MR) is 123 cm³/mol. The fourth-order valence-corrected chi connectivity index (χ4v) is 3.61. The smallest absolute Gasteiger partial charge is 0.306 e. The molecule has 1 fully saturated rings. The molecule has 31 heavy (non-hydrogen) atoms. The summed E-state index contributed by atoms with van der Waals surface area (Å²) in [5, 5.41) is 10.4. The molecule has 1 saturated heterocycles. The topological polar surface area (TPSA) is 65.0 Å². The van der Waals surface area contributed by atoms with Crippen molar-refractivity contribution in [1.82, 2.24) is 0 Å². The highest BCUT2D eigenvalue weighted by atomic mass is 16.7. The number of rotatable bonds is 6. The number of carbonyl (C=O) groups excluding carboxylic acids is 1. The molecule has 2 atom stereocenters. The first-order chi connectivity index (χ1) is 14.1. The van der Waals surface area contributed by atoms with Gasteiger partial charge in [0.1, 0.15) is 12.4 Å². The van der Waals surface area contributed by atoms with Gasteiger partial charge in [-0.05, 0) is 46.8 Å². The van der Waals surface area contributed by atoms with Crippen LogP contribution in [0.25, 0.3) is 0 Å². The summed E-state index contributed by atoms with van der Waals surface area (Å²) in [6.45, 7) is 20.2. The molecule has 0 saturated carbocycles. The van der Waals surface area contributed by atoms with E-state index < -0.39 is 11.7 Å². The second-order valence-corrected chi connectivity index (χ2v) is 11.6. The van der Waals surface area contributed by atoms with E-state index in [9.17, 15) is 9.90 Å². The van der Waals surface area contributed by atoms with E-state index in [-0.39, 0.29) is 23.4 Å². The number of hydrogen-bond acceptors (Lipinski definition) is 5. The van der Waals surface area contributed by atoms with Gasteiger partial charge in [0, 0.05) is 11.8 Å². The van der Waals surface area contributed by atoms with Gasteiger partial charge >= 0.3 is 5.97 Å². The number of aryl methyl sites for hydroxylation is 2. The Balaban J connectivity index is 1.93. The molecule has 0 aromatic heterocycles. The maximum Gasteiger partial charge on any atom is 0.306 e. The van der Waals surface area contributed by atoms with E-state index in [1.165, 1.54) is 0 Å². The lowest BCUT2D eigenvalue weighted by Gasteiger charge is -2.32. The second kappa shape index (κ2) is 9.50. The predicted octanol–water partition coefficient (Wildman–Crippen LogP) is 5.54. The van der Waals surface area contributed by atoms with Gasteiger partial charge in [-0.1, -0.05) is 67.5 Å². The highest BCUT2D eigenvalue weighted by Gasteiger charge is 2.39. The molecule has 0 bridgehead atoms. The van der Waals surface area contributed by atoms with Gasteiger partial charge in [0.05, 0.1) is 13.2 Å². The normalized spacial score (nSPS) is 22.1. The molecule has 1 heterocycles. The Morgan fingerprint density at radius 2 is 1.84 bits per heavy atom. The van der Waals surface area contributed by atoms with Gasteiger partial charge < -0.3 is 19.3 Å². The van der Waals surface area contributed by atoms with Crippen molar-refractivity contribution in [3.63, 3.8) is 0 Å². The minimum absolute atomic E-state index is 0.0513. The van der Waals surface area contributed by atoms with Crippen molar-refractivity contribution in [1.29, 1.82) is 0 Å². The van der Waals surface area contributed by atoms with Gasteiger partial charge in [-0.15, -0.1) is 0 Å². The first kappa shape index (κ1) is 25.7. The van der Waals surface area contributed by atoms with E-state index >= 15 is 0 Å². The Morgan fingerprint density at radius 3 is 2.45 bits per heavy atom. The summed E-state index contributed by atoms with van der Waals surface area (Å²) in [7, 11) is 0. The SMILES string of the molecule is Cc1cc(CCC(=O)OCC(C)(C)C2OCC(C)C(C)(C)CO2)cc(C(C)(C)C)c1O. The van der Waals surface area contributed by atoms with Crippen molar-refractivity contribution < 1.29 is 24.1 Å². The van der Waals surface area contributed by atoms with E-state index in [1.807, 2.05) is 32.9 Å². The molecule has 0 amide bonds. The van der Waals surface area contributed by atoms with Gasteiger partial charge in [-0.25, -0.2) is 0 Å². The Hall–Kier alpha value is -1.59. The van der Waals surface area contributed by atoms with Crippen molar-refractivity contribution in [2.24, 2.45) is 16.7 Å². The summed E-state index contributed by atoms with van der Waals surface area (Å²) in [6.07, 6.45) is 0.463. The van der Waals surface area contributed by atoms with E-state index in [1.54, 1.807) is 0 Å². The maximum atomic E-state index is 12.4. The monoisotopic (exact) mass is 434 g/mol. The molecular weight excluding hydrogens is 392 g/mol. The zero-order chi connectivity index (χ0) is 23.6. The van der Waals surface area contributed by atoms with Gasteiger partial charge in [0.25, 0.3) is 0 Å². The summed E-state index contributed by atoms with van der Waals surface area (Å²) in [4.78, 5) is 12.4. The lowest BCUT2D eigenvalue weighted by molar-refractivity contribution is -0.205. The molecule has 0 radical (unpaired) electrons. The third-order valence-corrected chi connectivity index (χ3v) is 6.47. The minimum atomic E-state index is -0.440. The van der Waals surface area contributed by atoms with Gasteiger partial charge in [-0.2, -0.15) is 0 Å². The fourth-order valence-electron chi connectivity index (χ4n) is 3.61. The molecule has 2 unspecified atom stereocenters. The maximum absolute atomic E-state index is 12.4. The molecule has 0 spiro atoms.